The lowest BCUT2D eigenvalue weighted by atomic mass is 9.86. The van der Waals surface area contributed by atoms with E-state index in [4.69, 9.17) is 19.2 Å². The van der Waals surface area contributed by atoms with Gasteiger partial charge in [-0.2, -0.15) is 13.2 Å². The Hall–Kier alpha value is -4.33. The first-order valence-electron chi connectivity index (χ1n) is 12.5. The molecule has 0 saturated carbocycles. The Bertz CT molecular complexity index is 1580. The van der Waals surface area contributed by atoms with Gasteiger partial charge in [-0.25, -0.2) is 9.78 Å². The number of carbonyl (C=O) groups is 1. The van der Waals surface area contributed by atoms with Gasteiger partial charge >= 0.3 is 12.1 Å². The quantitative estimate of drug-likeness (QED) is 0.240. The minimum absolute atomic E-state index is 0.263. The van der Waals surface area contributed by atoms with Gasteiger partial charge in [-0.1, -0.05) is 36.4 Å². The molecule has 0 aliphatic heterocycles. The average Bonchev–Trinajstić information content (AvgIpc) is 2.94. The molecule has 0 amide bonds. The number of hydrogen-bond acceptors (Lipinski definition) is 5. The molecular formula is C31H26F3NO4. The number of methoxy groups -OCH3 is 2. The lowest BCUT2D eigenvalue weighted by molar-refractivity contribution is -0.137. The van der Waals surface area contributed by atoms with E-state index in [1.54, 1.807) is 14.2 Å². The van der Waals surface area contributed by atoms with Gasteiger partial charge in [-0.15, -0.1) is 0 Å². The number of benzene rings is 3. The first kappa shape index (κ1) is 26.3. The molecule has 200 valence electrons. The summed E-state index contributed by atoms with van der Waals surface area (Å²) >= 11 is 0. The lowest BCUT2D eigenvalue weighted by Gasteiger charge is -2.22. The Morgan fingerprint density at radius 1 is 0.949 bits per heavy atom. The van der Waals surface area contributed by atoms with Gasteiger partial charge in [0.05, 0.1) is 36.6 Å². The van der Waals surface area contributed by atoms with Crippen LogP contribution < -0.4 is 9.47 Å². The summed E-state index contributed by atoms with van der Waals surface area (Å²) in [7, 11) is 3.16. The van der Waals surface area contributed by atoms with Crippen LogP contribution in [0.2, 0.25) is 0 Å². The molecule has 39 heavy (non-hydrogen) atoms. The zero-order valence-electron chi connectivity index (χ0n) is 21.5. The highest BCUT2D eigenvalue weighted by Gasteiger charge is 2.31. The number of hydrogen-bond donors (Lipinski definition) is 0. The number of fused-ring (bicyclic) bond motifs is 2. The summed E-state index contributed by atoms with van der Waals surface area (Å²) in [5, 5.41) is 0.651. The Kier molecular flexibility index (Phi) is 7.28. The van der Waals surface area contributed by atoms with Crippen molar-refractivity contribution in [2.24, 2.45) is 0 Å². The summed E-state index contributed by atoms with van der Waals surface area (Å²) in [5.41, 5.74) is 3.90. The highest BCUT2D eigenvalue weighted by atomic mass is 19.4. The van der Waals surface area contributed by atoms with Crippen LogP contribution in [-0.4, -0.2) is 25.2 Å². The molecule has 1 aliphatic carbocycles. The molecule has 1 aliphatic rings. The Labute approximate surface area is 223 Å². The van der Waals surface area contributed by atoms with Gasteiger partial charge in [0.2, 0.25) is 0 Å². The van der Waals surface area contributed by atoms with Crippen molar-refractivity contribution in [3.8, 4) is 11.5 Å². The van der Waals surface area contributed by atoms with Crippen molar-refractivity contribution in [2.75, 3.05) is 14.2 Å². The maximum absolute atomic E-state index is 13.5. The minimum Gasteiger partial charge on any atom is -0.493 e. The van der Waals surface area contributed by atoms with E-state index in [-0.39, 0.29) is 12.2 Å². The number of carbonyl (C=O) groups excluding carboxylic acids is 1. The van der Waals surface area contributed by atoms with Crippen LogP contribution in [0.4, 0.5) is 13.2 Å². The molecule has 1 heterocycles. The summed E-state index contributed by atoms with van der Waals surface area (Å²) < 4.78 is 55.8. The van der Waals surface area contributed by atoms with Crippen LogP contribution in [0.5, 0.6) is 11.5 Å². The number of nitrogens with zero attached hydrogens (tertiary/aromatic N) is 1. The summed E-state index contributed by atoms with van der Waals surface area (Å²) in [6, 6.07) is 17.8. The fraction of sp³-hybridized carbons (Fsp3) is 0.226. The molecule has 0 radical (unpaired) electrons. The highest BCUT2D eigenvalue weighted by Crippen LogP contribution is 2.38. The zero-order chi connectivity index (χ0) is 27.6. The van der Waals surface area contributed by atoms with E-state index in [0.29, 0.717) is 34.4 Å². The number of rotatable bonds is 6. The SMILES string of the molecule is COc1ccc(C=C2CCCc3c2nc2ccccc2c3C(=O)OCc2cccc(C(F)(F)F)c2)cc1OC. The summed E-state index contributed by atoms with van der Waals surface area (Å²) in [4.78, 5) is 18.4. The third-order valence-electron chi connectivity index (χ3n) is 6.75. The molecule has 0 spiro atoms. The number of alkyl halides is 3. The van der Waals surface area contributed by atoms with Crippen LogP contribution in [-0.2, 0) is 23.9 Å². The van der Waals surface area contributed by atoms with Crippen LogP contribution in [0.25, 0.3) is 22.6 Å². The highest BCUT2D eigenvalue weighted by molar-refractivity contribution is 6.06. The number of para-hydroxylation sites is 1. The van der Waals surface area contributed by atoms with Crippen molar-refractivity contribution < 1.29 is 32.2 Å². The first-order valence-corrected chi connectivity index (χ1v) is 12.5. The van der Waals surface area contributed by atoms with Crippen molar-refractivity contribution in [1.29, 1.82) is 0 Å². The molecule has 0 atom stereocenters. The van der Waals surface area contributed by atoms with E-state index in [1.807, 2.05) is 48.5 Å². The summed E-state index contributed by atoms with van der Waals surface area (Å²) in [5.74, 6) is 0.640. The third kappa shape index (κ3) is 5.46. The molecule has 8 heteroatoms. The van der Waals surface area contributed by atoms with E-state index >= 15 is 0 Å². The Morgan fingerprint density at radius 2 is 1.74 bits per heavy atom. The van der Waals surface area contributed by atoms with Crippen molar-refractivity contribution in [3.63, 3.8) is 0 Å². The normalized spacial score (nSPS) is 14.2. The topological polar surface area (TPSA) is 57.7 Å². The predicted octanol–water partition coefficient (Wildman–Crippen LogP) is 7.50. The third-order valence-corrected chi connectivity index (χ3v) is 6.75. The van der Waals surface area contributed by atoms with Gasteiger partial charge in [-0.05, 0) is 77.9 Å². The Morgan fingerprint density at radius 3 is 2.51 bits per heavy atom. The smallest absolute Gasteiger partial charge is 0.416 e. The fourth-order valence-corrected chi connectivity index (χ4v) is 4.91. The van der Waals surface area contributed by atoms with E-state index < -0.39 is 17.7 Å². The molecule has 4 aromatic rings. The lowest BCUT2D eigenvalue weighted by Crippen LogP contribution is -2.15. The van der Waals surface area contributed by atoms with Crippen molar-refractivity contribution in [3.05, 3.63) is 100 Å². The zero-order valence-corrected chi connectivity index (χ0v) is 21.5. The van der Waals surface area contributed by atoms with Crippen molar-refractivity contribution >= 4 is 28.5 Å². The second kappa shape index (κ2) is 10.8. The van der Waals surface area contributed by atoms with E-state index in [9.17, 15) is 18.0 Å². The summed E-state index contributed by atoms with van der Waals surface area (Å²) in [6.45, 7) is -0.275. The molecule has 5 rings (SSSR count). The fourth-order valence-electron chi connectivity index (χ4n) is 4.91. The molecule has 0 saturated heterocycles. The molecule has 1 aromatic heterocycles. The maximum Gasteiger partial charge on any atom is 0.416 e. The van der Waals surface area contributed by atoms with Crippen LogP contribution >= 0.6 is 0 Å². The van der Waals surface area contributed by atoms with Crippen LogP contribution in [0.3, 0.4) is 0 Å². The number of halogens is 3. The number of aromatic nitrogens is 1. The molecule has 0 N–H and O–H groups in total. The molecule has 0 unspecified atom stereocenters. The van der Waals surface area contributed by atoms with Gasteiger partial charge in [0, 0.05) is 5.39 Å². The van der Waals surface area contributed by atoms with Gasteiger partial charge < -0.3 is 14.2 Å². The predicted molar refractivity (Wildman–Crippen MR) is 143 cm³/mol. The van der Waals surface area contributed by atoms with Gasteiger partial charge in [0.1, 0.15) is 6.61 Å². The van der Waals surface area contributed by atoms with E-state index in [0.717, 1.165) is 47.4 Å². The monoisotopic (exact) mass is 533 g/mol. The van der Waals surface area contributed by atoms with E-state index in [1.165, 1.54) is 12.1 Å². The van der Waals surface area contributed by atoms with Crippen molar-refractivity contribution in [2.45, 2.75) is 32.0 Å². The van der Waals surface area contributed by atoms with Crippen LogP contribution in [0, 0.1) is 0 Å². The number of allylic oxidation sites excluding steroid dienone is 1. The molecule has 3 aromatic carbocycles. The minimum atomic E-state index is -4.48. The maximum atomic E-state index is 13.5. The summed E-state index contributed by atoms with van der Waals surface area (Å²) in [6.07, 6.45) is -0.244. The standard InChI is InChI=1S/C31H26F3NO4/c1-37-26-14-13-19(17-27(26)38-2)15-21-8-6-11-24-28(23-10-3-4-12-25(23)35-29(21)24)30(36)39-18-20-7-5-9-22(16-20)31(32,33)34/h3-5,7,9-10,12-17H,6,8,11,18H2,1-2H3. The second-order valence-electron chi connectivity index (χ2n) is 9.24. The first-order chi connectivity index (χ1) is 18.8. The van der Waals surface area contributed by atoms with Crippen molar-refractivity contribution in [1.82, 2.24) is 4.98 Å². The molecule has 5 nitrogen and oxygen atoms in total. The number of pyridine rings is 1. The van der Waals surface area contributed by atoms with Crippen LogP contribution in [0.1, 0.15) is 51.1 Å². The number of ether oxygens (including phenoxy) is 3. The molecule has 0 fully saturated rings. The Balaban J connectivity index is 1.53. The van der Waals surface area contributed by atoms with Gasteiger partial charge in [0.25, 0.3) is 0 Å². The largest absolute Gasteiger partial charge is 0.493 e. The van der Waals surface area contributed by atoms with Crippen LogP contribution in [0.15, 0.2) is 66.7 Å². The van der Waals surface area contributed by atoms with E-state index in [2.05, 4.69) is 0 Å². The number of esters is 1. The van der Waals surface area contributed by atoms with Gasteiger partial charge in [-0.3, -0.25) is 0 Å². The second-order valence-corrected chi connectivity index (χ2v) is 9.24. The average molecular weight is 534 g/mol. The molecule has 0 bridgehead atoms. The molecular weight excluding hydrogens is 507 g/mol. The van der Waals surface area contributed by atoms with Gasteiger partial charge in [0.15, 0.2) is 11.5 Å².